The van der Waals surface area contributed by atoms with Gasteiger partial charge in [0.25, 0.3) is 0 Å². The highest BCUT2D eigenvalue weighted by molar-refractivity contribution is 7.02. The Labute approximate surface area is 240 Å². The first-order valence-corrected chi connectivity index (χ1v) is 14.5. The van der Waals surface area contributed by atoms with Gasteiger partial charge in [-0.05, 0) is 82.5 Å². The Morgan fingerprint density at radius 3 is 1.20 bits per heavy atom. The molecule has 0 amide bonds. The van der Waals surface area contributed by atoms with E-state index in [1.54, 1.807) is 0 Å². The van der Waals surface area contributed by atoms with Crippen molar-refractivity contribution in [2.45, 2.75) is 48.5 Å². The number of fused-ring (bicyclic) bond motifs is 4. The van der Waals surface area contributed by atoms with Gasteiger partial charge in [0.1, 0.15) is 0 Å². The third kappa shape index (κ3) is 3.57. The fourth-order valence-electron chi connectivity index (χ4n) is 7.64. The second kappa shape index (κ2) is 9.03. The number of hydrogen-bond donors (Lipinski definition) is 0. The standard InChI is InChI=1S/C37H35B2N/c1-22-14-16-33-29(18-22)38(35-25(4)10-8-11-26(35)5)31-20-24(3)21-32-37(31)40(33)34-17-15-23(2)19-30(34)39(32)36-27(6)12-9-13-28(36)7/h8-21H,1-7H3. The number of aryl methyl sites for hydroxylation is 7. The summed E-state index contributed by atoms with van der Waals surface area (Å²) in [5.41, 5.74) is 21.9. The molecule has 7 rings (SSSR count). The quantitative estimate of drug-likeness (QED) is 0.294. The second-order valence-corrected chi connectivity index (χ2v) is 12.2. The zero-order valence-corrected chi connectivity index (χ0v) is 24.7. The van der Waals surface area contributed by atoms with Crippen molar-refractivity contribution in [2.24, 2.45) is 0 Å². The van der Waals surface area contributed by atoms with Crippen molar-refractivity contribution >= 4 is 63.3 Å². The molecule has 0 unspecified atom stereocenters. The molecule has 0 bridgehead atoms. The molecule has 3 heteroatoms. The molecule has 2 heterocycles. The number of benzene rings is 5. The van der Waals surface area contributed by atoms with Gasteiger partial charge in [0.2, 0.25) is 13.4 Å². The van der Waals surface area contributed by atoms with Crippen LogP contribution in [0.15, 0.2) is 84.9 Å². The van der Waals surface area contributed by atoms with Gasteiger partial charge in [0.15, 0.2) is 0 Å². The molecule has 0 aromatic heterocycles. The smallest absolute Gasteiger partial charge is 0.247 e. The predicted molar refractivity (Wildman–Crippen MR) is 176 cm³/mol. The lowest BCUT2D eigenvalue weighted by Gasteiger charge is -2.45. The van der Waals surface area contributed by atoms with Crippen LogP contribution in [0, 0.1) is 48.5 Å². The Morgan fingerprint density at radius 2 is 0.800 bits per heavy atom. The molecule has 5 aromatic carbocycles. The minimum atomic E-state index is 0.187. The number of hydrogen-bond acceptors (Lipinski definition) is 1. The van der Waals surface area contributed by atoms with Crippen molar-refractivity contribution in [1.82, 2.24) is 0 Å². The summed E-state index contributed by atoms with van der Waals surface area (Å²) in [7, 11) is 0. The highest BCUT2D eigenvalue weighted by Gasteiger charge is 2.44. The van der Waals surface area contributed by atoms with Crippen molar-refractivity contribution < 1.29 is 0 Å². The Morgan fingerprint density at radius 1 is 0.425 bits per heavy atom. The van der Waals surface area contributed by atoms with Gasteiger partial charge in [-0.25, -0.2) is 0 Å². The van der Waals surface area contributed by atoms with Crippen LogP contribution < -0.4 is 37.7 Å². The summed E-state index contributed by atoms with van der Waals surface area (Å²) in [6.45, 7) is 16.2. The second-order valence-electron chi connectivity index (χ2n) is 12.2. The lowest BCUT2D eigenvalue weighted by Crippen LogP contribution is -2.66. The first-order chi connectivity index (χ1) is 19.2. The summed E-state index contributed by atoms with van der Waals surface area (Å²) >= 11 is 0. The molecule has 0 saturated carbocycles. The van der Waals surface area contributed by atoms with Crippen molar-refractivity contribution in [2.75, 3.05) is 4.90 Å². The average Bonchev–Trinajstić information content (AvgIpc) is 2.90. The van der Waals surface area contributed by atoms with E-state index in [1.807, 2.05) is 0 Å². The van der Waals surface area contributed by atoms with Crippen LogP contribution in [-0.2, 0) is 0 Å². The Kier molecular flexibility index (Phi) is 5.65. The lowest BCUT2D eigenvalue weighted by molar-refractivity contribution is 1.28. The lowest BCUT2D eigenvalue weighted by atomic mass is 9.29. The Balaban J connectivity index is 1.65. The van der Waals surface area contributed by atoms with Crippen LogP contribution in [-0.4, -0.2) is 13.4 Å². The van der Waals surface area contributed by atoms with Crippen LogP contribution in [0.25, 0.3) is 0 Å². The molecule has 1 nitrogen and oxygen atoms in total. The molecular formula is C37H35B2N. The molecule has 40 heavy (non-hydrogen) atoms. The van der Waals surface area contributed by atoms with Crippen LogP contribution in [0.1, 0.15) is 38.9 Å². The minimum Gasteiger partial charge on any atom is -0.313 e. The molecule has 0 fully saturated rings. The van der Waals surface area contributed by atoms with E-state index in [0.717, 1.165) is 0 Å². The molecule has 2 aliphatic heterocycles. The fourth-order valence-corrected chi connectivity index (χ4v) is 7.64. The van der Waals surface area contributed by atoms with Crippen LogP contribution in [0.2, 0.25) is 0 Å². The zero-order chi connectivity index (χ0) is 27.9. The summed E-state index contributed by atoms with van der Waals surface area (Å²) in [6.07, 6.45) is 0. The van der Waals surface area contributed by atoms with Crippen molar-refractivity contribution in [3.63, 3.8) is 0 Å². The summed E-state index contributed by atoms with van der Waals surface area (Å²) < 4.78 is 0. The van der Waals surface area contributed by atoms with E-state index in [1.165, 1.54) is 88.8 Å². The zero-order valence-electron chi connectivity index (χ0n) is 24.7. The van der Waals surface area contributed by atoms with Gasteiger partial charge in [-0.1, -0.05) is 123 Å². The maximum absolute atomic E-state index is 2.59. The SMILES string of the molecule is Cc1ccc2c(c1)B(c1c(C)cccc1C)c1cc(C)cc3c1N2c1ccc(C)cc1B3c1c(C)cccc1C. The van der Waals surface area contributed by atoms with Gasteiger partial charge < -0.3 is 4.90 Å². The highest BCUT2D eigenvalue weighted by atomic mass is 15.2. The van der Waals surface area contributed by atoms with E-state index in [-0.39, 0.29) is 13.4 Å². The van der Waals surface area contributed by atoms with Gasteiger partial charge in [-0.15, -0.1) is 0 Å². The minimum absolute atomic E-state index is 0.187. The van der Waals surface area contributed by atoms with Gasteiger partial charge in [-0.2, -0.15) is 0 Å². The summed E-state index contributed by atoms with van der Waals surface area (Å²) in [5, 5.41) is 0. The summed E-state index contributed by atoms with van der Waals surface area (Å²) in [4.78, 5) is 2.59. The molecule has 0 spiro atoms. The van der Waals surface area contributed by atoms with E-state index >= 15 is 0 Å². The van der Waals surface area contributed by atoms with E-state index in [9.17, 15) is 0 Å². The molecule has 194 valence electrons. The number of nitrogens with zero attached hydrogens (tertiary/aromatic N) is 1. The molecule has 0 aliphatic carbocycles. The normalized spacial score (nSPS) is 13.2. The van der Waals surface area contributed by atoms with Gasteiger partial charge >= 0.3 is 0 Å². The molecule has 2 aliphatic rings. The Bertz CT molecular complexity index is 1680. The summed E-state index contributed by atoms with van der Waals surface area (Å²) in [5.74, 6) is 0. The highest BCUT2D eigenvalue weighted by Crippen LogP contribution is 2.38. The monoisotopic (exact) mass is 515 g/mol. The first kappa shape index (κ1) is 25.0. The van der Waals surface area contributed by atoms with Crippen LogP contribution >= 0.6 is 0 Å². The molecular weight excluding hydrogens is 480 g/mol. The van der Waals surface area contributed by atoms with Gasteiger partial charge in [-0.3, -0.25) is 0 Å². The largest absolute Gasteiger partial charge is 0.313 e. The van der Waals surface area contributed by atoms with Gasteiger partial charge in [0.05, 0.1) is 0 Å². The molecule has 0 N–H and O–H groups in total. The molecule has 0 saturated heterocycles. The van der Waals surface area contributed by atoms with E-state index in [4.69, 9.17) is 0 Å². The first-order valence-electron chi connectivity index (χ1n) is 14.5. The fraction of sp³-hybridized carbons (Fsp3) is 0.189. The molecule has 0 atom stereocenters. The number of anilines is 3. The van der Waals surface area contributed by atoms with Crippen molar-refractivity contribution in [3.05, 3.63) is 124 Å². The van der Waals surface area contributed by atoms with E-state index in [0.29, 0.717) is 0 Å². The van der Waals surface area contributed by atoms with Crippen LogP contribution in [0.3, 0.4) is 0 Å². The average molecular weight is 515 g/mol. The third-order valence-corrected chi connectivity index (χ3v) is 9.29. The van der Waals surface area contributed by atoms with Crippen LogP contribution in [0.5, 0.6) is 0 Å². The van der Waals surface area contributed by atoms with E-state index < -0.39 is 0 Å². The molecule has 0 radical (unpaired) electrons. The maximum Gasteiger partial charge on any atom is 0.247 e. The van der Waals surface area contributed by atoms with E-state index in [2.05, 4.69) is 138 Å². The van der Waals surface area contributed by atoms with Gasteiger partial charge in [0, 0.05) is 17.1 Å². The predicted octanol–water partition coefficient (Wildman–Crippen LogP) is 4.97. The third-order valence-electron chi connectivity index (χ3n) is 9.29. The van der Waals surface area contributed by atoms with Crippen molar-refractivity contribution in [3.8, 4) is 0 Å². The number of rotatable bonds is 2. The van der Waals surface area contributed by atoms with Crippen LogP contribution in [0.4, 0.5) is 17.1 Å². The summed E-state index contributed by atoms with van der Waals surface area (Å²) in [6, 6.07) is 32.6. The topological polar surface area (TPSA) is 3.24 Å². The van der Waals surface area contributed by atoms with Crippen molar-refractivity contribution in [1.29, 1.82) is 0 Å². The Hall–Kier alpha value is -3.97. The maximum atomic E-state index is 2.59. The molecule has 5 aromatic rings.